The number of ether oxygens (including phenoxy) is 1. The van der Waals surface area contributed by atoms with Gasteiger partial charge in [0.2, 0.25) is 0 Å². The SMILES string of the molecule is COC(=O)c1cn(S(=O)(=O)c2ccc(SC)c(C(=O)N3CCCC3)c2)c2ccccc12. The van der Waals surface area contributed by atoms with Crippen molar-refractivity contribution in [2.75, 3.05) is 26.5 Å². The van der Waals surface area contributed by atoms with Gasteiger partial charge in [0, 0.05) is 29.6 Å². The van der Waals surface area contributed by atoms with Crippen LogP contribution < -0.4 is 0 Å². The molecule has 1 aromatic heterocycles. The molecule has 0 unspecified atom stereocenters. The standard InChI is InChI=1S/C22H22N2O5S2/c1-29-22(26)18-14-24(19-8-4-3-7-16(18)19)31(27,28)15-9-10-20(30-2)17(13-15)21(25)23-11-5-6-12-23/h3-4,7-10,13-14H,5-6,11-12H2,1-2H3. The van der Waals surface area contributed by atoms with Crippen molar-refractivity contribution in [3.63, 3.8) is 0 Å². The van der Waals surface area contributed by atoms with Crippen LogP contribution in [-0.4, -0.2) is 55.6 Å². The van der Waals surface area contributed by atoms with Crippen LogP contribution in [0.2, 0.25) is 0 Å². The Labute approximate surface area is 185 Å². The van der Waals surface area contributed by atoms with Crippen molar-refractivity contribution >= 4 is 44.6 Å². The number of likely N-dealkylation sites (tertiary alicyclic amines) is 1. The fraction of sp³-hybridized carbons (Fsp3) is 0.273. The van der Waals surface area contributed by atoms with Gasteiger partial charge in [-0.15, -0.1) is 11.8 Å². The van der Waals surface area contributed by atoms with Crippen LogP contribution in [0.15, 0.2) is 58.5 Å². The Bertz CT molecular complexity index is 1270. The van der Waals surface area contributed by atoms with Gasteiger partial charge in [-0.3, -0.25) is 4.79 Å². The molecule has 1 amide bonds. The minimum atomic E-state index is -4.06. The van der Waals surface area contributed by atoms with Gasteiger partial charge >= 0.3 is 5.97 Å². The quantitative estimate of drug-likeness (QED) is 0.429. The normalized spacial score (nSPS) is 14.2. The number of nitrogens with zero attached hydrogens (tertiary/aromatic N) is 2. The van der Waals surface area contributed by atoms with E-state index in [-0.39, 0.29) is 16.4 Å². The molecule has 1 saturated heterocycles. The van der Waals surface area contributed by atoms with E-state index in [4.69, 9.17) is 4.74 Å². The number of para-hydroxylation sites is 1. The molecule has 31 heavy (non-hydrogen) atoms. The first-order valence-corrected chi connectivity index (χ1v) is 12.5. The lowest BCUT2D eigenvalue weighted by atomic mass is 10.2. The zero-order valence-corrected chi connectivity index (χ0v) is 18.8. The van der Waals surface area contributed by atoms with Gasteiger partial charge in [0.1, 0.15) is 0 Å². The van der Waals surface area contributed by atoms with Gasteiger partial charge in [0.15, 0.2) is 0 Å². The number of hydrogen-bond acceptors (Lipinski definition) is 6. The van der Waals surface area contributed by atoms with E-state index in [9.17, 15) is 18.0 Å². The largest absolute Gasteiger partial charge is 0.465 e. The number of esters is 1. The fourth-order valence-electron chi connectivity index (χ4n) is 3.84. The second-order valence-electron chi connectivity index (χ2n) is 7.21. The van der Waals surface area contributed by atoms with Crippen LogP contribution in [0.4, 0.5) is 0 Å². The van der Waals surface area contributed by atoms with Crippen LogP contribution >= 0.6 is 11.8 Å². The first-order chi connectivity index (χ1) is 14.9. The van der Waals surface area contributed by atoms with Crippen molar-refractivity contribution in [1.82, 2.24) is 8.87 Å². The van der Waals surface area contributed by atoms with E-state index in [1.165, 1.54) is 37.2 Å². The number of rotatable bonds is 5. The summed E-state index contributed by atoms with van der Waals surface area (Å²) in [5, 5.41) is 0.479. The zero-order valence-electron chi connectivity index (χ0n) is 17.2. The van der Waals surface area contributed by atoms with Crippen molar-refractivity contribution in [2.24, 2.45) is 0 Å². The number of carbonyl (C=O) groups is 2. The van der Waals surface area contributed by atoms with E-state index in [1.807, 2.05) is 6.26 Å². The Morgan fingerprint density at radius 2 is 1.74 bits per heavy atom. The molecule has 1 fully saturated rings. The predicted octanol–water partition coefficient (Wildman–Crippen LogP) is 3.62. The summed E-state index contributed by atoms with van der Waals surface area (Å²) in [6.45, 7) is 1.35. The molecule has 0 N–H and O–H groups in total. The molecular formula is C22H22N2O5S2. The third kappa shape index (κ3) is 3.72. The summed E-state index contributed by atoms with van der Waals surface area (Å²) in [6, 6.07) is 11.3. The molecule has 4 rings (SSSR count). The van der Waals surface area contributed by atoms with E-state index in [1.54, 1.807) is 35.2 Å². The van der Waals surface area contributed by atoms with Gasteiger partial charge in [0.05, 0.1) is 28.6 Å². The molecule has 0 saturated carbocycles. The summed E-state index contributed by atoms with van der Waals surface area (Å²) < 4.78 is 33.0. The van der Waals surface area contributed by atoms with Crippen molar-refractivity contribution < 1.29 is 22.7 Å². The van der Waals surface area contributed by atoms with Crippen LogP contribution in [-0.2, 0) is 14.8 Å². The van der Waals surface area contributed by atoms with Crippen LogP contribution in [0.1, 0.15) is 33.6 Å². The van der Waals surface area contributed by atoms with E-state index < -0.39 is 16.0 Å². The maximum atomic E-state index is 13.5. The second kappa shape index (κ2) is 8.39. The molecule has 3 aromatic rings. The third-order valence-electron chi connectivity index (χ3n) is 5.43. The molecule has 2 heterocycles. The summed E-state index contributed by atoms with van der Waals surface area (Å²) in [6.07, 6.45) is 5.02. The number of fused-ring (bicyclic) bond motifs is 1. The summed E-state index contributed by atoms with van der Waals surface area (Å²) in [7, 11) is -2.81. The lowest BCUT2D eigenvalue weighted by Crippen LogP contribution is -2.28. The molecule has 0 radical (unpaired) electrons. The Balaban J connectivity index is 1.86. The zero-order chi connectivity index (χ0) is 22.2. The first kappa shape index (κ1) is 21.5. The van der Waals surface area contributed by atoms with E-state index >= 15 is 0 Å². The summed E-state index contributed by atoms with van der Waals surface area (Å²) in [5.41, 5.74) is 0.903. The highest BCUT2D eigenvalue weighted by Crippen LogP contribution is 2.30. The molecule has 9 heteroatoms. The minimum Gasteiger partial charge on any atom is -0.465 e. The molecule has 2 aromatic carbocycles. The van der Waals surface area contributed by atoms with Crippen molar-refractivity contribution in [3.8, 4) is 0 Å². The number of thioether (sulfide) groups is 1. The number of hydrogen-bond donors (Lipinski definition) is 0. The molecule has 7 nitrogen and oxygen atoms in total. The lowest BCUT2D eigenvalue weighted by Gasteiger charge is -2.18. The molecular weight excluding hydrogens is 436 g/mol. The number of methoxy groups -OCH3 is 1. The maximum absolute atomic E-state index is 13.5. The molecule has 0 spiro atoms. The van der Waals surface area contributed by atoms with Gasteiger partial charge in [-0.25, -0.2) is 17.2 Å². The average molecular weight is 459 g/mol. The fourth-order valence-corrected chi connectivity index (χ4v) is 5.81. The first-order valence-electron chi connectivity index (χ1n) is 9.79. The Hall–Kier alpha value is -2.78. The number of aromatic nitrogens is 1. The number of amides is 1. The number of benzene rings is 2. The monoisotopic (exact) mass is 458 g/mol. The molecule has 1 aliphatic heterocycles. The summed E-state index contributed by atoms with van der Waals surface area (Å²) >= 11 is 1.40. The van der Waals surface area contributed by atoms with E-state index in [0.29, 0.717) is 29.6 Å². The van der Waals surface area contributed by atoms with Gasteiger partial charge in [-0.1, -0.05) is 18.2 Å². The molecule has 162 valence electrons. The Kier molecular flexibility index (Phi) is 5.81. The minimum absolute atomic E-state index is 0.00924. The summed E-state index contributed by atoms with van der Waals surface area (Å²) in [5.74, 6) is -0.778. The van der Waals surface area contributed by atoms with Gasteiger partial charge in [-0.2, -0.15) is 0 Å². The predicted molar refractivity (Wildman–Crippen MR) is 119 cm³/mol. The van der Waals surface area contributed by atoms with Crippen LogP contribution in [0.3, 0.4) is 0 Å². The highest BCUT2D eigenvalue weighted by molar-refractivity contribution is 7.98. The average Bonchev–Trinajstić information content (AvgIpc) is 3.46. The topological polar surface area (TPSA) is 85.7 Å². The van der Waals surface area contributed by atoms with Crippen LogP contribution in [0.25, 0.3) is 10.9 Å². The van der Waals surface area contributed by atoms with Crippen LogP contribution in [0.5, 0.6) is 0 Å². The highest BCUT2D eigenvalue weighted by Gasteiger charge is 2.27. The Morgan fingerprint density at radius 1 is 1.03 bits per heavy atom. The second-order valence-corrected chi connectivity index (χ2v) is 9.88. The smallest absolute Gasteiger partial charge is 0.340 e. The molecule has 0 bridgehead atoms. The molecule has 0 atom stereocenters. The van der Waals surface area contributed by atoms with Gasteiger partial charge in [0.25, 0.3) is 15.9 Å². The van der Waals surface area contributed by atoms with Crippen molar-refractivity contribution in [3.05, 3.63) is 59.8 Å². The molecule has 1 aliphatic rings. The summed E-state index contributed by atoms with van der Waals surface area (Å²) in [4.78, 5) is 27.7. The lowest BCUT2D eigenvalue weighted by molar-refractivity contribution is 0.0602. The van der Waals surface area contributed by atoms with Crippen LogP contribution in [0, 0.1) is 0 Å². The maximum Gasteiger partial charge on any atom is 0.340 e. The molecule has 0 aliphatic carbocycles. The third-order valence-corrected chi connectivity index (χ3v) is 7.90. The van der Waals surface area contributed by atoms with E-state index in [0.717, 1.165) is 21.7 Å². The van der Waals surface area contributed by atoms with E-state index in [2.05, 4.69) is 0 Å². The number of carbonyl (C=O) groups excluding carboxylic acids is 2. The Morgan fingerprint density at radius 3 is 2.42 bits per heavy atom. The van der Waals surface area contributed by atoms with Gasteiger partial charge < -0.3 is 9.64 Å². The van der Waals surface area contributed by atoms with Gasteiger partial charge in [-0.05, 0) is 43.4 Å². The highest BCUT2D eigenvalue weighted by atomic mass is 32.2. The van der Waals surface area contributed by atoms with Crippen molar-refractivity contribution in [1.29, 1.82) is 0 Å². The van der Waals surface area contributed by atoms with Crippen molar-refractivity contribution in [2.45, 2.75) is 22.6 Å².